The first-order chi connectivity index (χ1) is 12.4. The van der Waals surface area contributed by atoms with Gasteiger partial charge in [-0.05, 0) is 51.3 Å². The minimum Gasteiger partial charge on any atom is -0.361 e. The smallest absolute Gasteiger partial charge is 0.330 e. The van der Waals surface area contributed by atoms with Gasteiger partial charge in [0.2, 0.25) is 0 Å². The Hall–Kier alpha value is -1.70. The molecular weight excluding hydrogens is 398 g/mol. The van der Waals surface area contributed by atoms with Crippen molar-refractivity contribution in [2.24, 2.45) is 0 Å². The molecule has 0 spiro atoms. The van der Waals surface area contributed by atoms with Crippen LogP contribution < -0.4 is 16.6 Å². The lowest BCUT2D eigenvalue weighted by Crippen LogP contribution is -2.40. The molecule has 2 aromatic rings. The van der Waals surface area contributed by atoms with E-state index in [1.165, 1.54) is 22.4 Å². The van der Waals surface area contributed by atoms with E-state index in [-0.39, 0.29) is 12.3 Å². The van der Waals surface area contributed by atoms with Crippen molar-refractivity contribution >= 4 is 15.9 Å². The van der Waals surface area contributed by atoms with Crippen molar-refractivity contribution in [1.82, 2.24) is 14.9 Å². The minimum absolute atomic E-state index is 0.0133. The van der Waals surface area contributed by atoms with Crippen LogP contribution in [-0.2, 0) is 17.9 Å². The highest BCUT2D eigenvalue weighted by atomic mass is 79.9. The second-order valence-electron chi connectivity index (χ2n) is 6.87. The molecule has 0 bridgehead atoms. The molecule has 2 N–H and O–H groups in total. The Bertz CT molecular complexity index is 814. The summed E-state index contributed by atoms with van der Waals surface area (Å²) in [6.07, 6.45) is 4.25. The van der Waals surface area contributed by atoms with Crippen molar-refractivity contribution in [2.75, 3.05) is 13.2 Å². The van der Waals surface area contributed by atoms with Gasteiger partial charge in [-0.15, -0.1) is 0 Å². The maximum atomic E-state index is 11.5. The molecule has 0 amide bonds. The molecule has 0 aliphatic carbocycles. The summed E-state index contributed by atoms with van der Waals surface area (Å²) in [5.74, 6) is 0. The van der Waals surface area contributed by atoms with Crippen molar-refractivity contribution in [3.05, 3.63) is 67.4 Å². The zero-order valence-electron chi connectivity index (χ0n) is 15.3. The molecule has 0 aliphatic heterocycles. The average molecular weight is 424 g/mol. The van der Waals surface area contributed by atoms with E-state index in [2.05, 4.69) is 58.3 Å². The molecule has 1 aromatic heterocycles. The Labute approximate surface area is 161 Å². The molecule has 1 heterocycles. The Morgan fingerprint density at radius 2 is 2.00 bits per heavy atom. The molecular formula is C19H26BrN3O3. The molecule has 0 saturated heterocycles. The fourth-order valence-electron chi connectivity index (χ4n) is 2.65. The number of H-pyrrole nitrogens is 1. The quantitative estimate of drug-likeness (QED) is 0.575. The van der Waals surface area contributed by atoms with Gasteiger partial charge >= 0.3 is 5.69 Å². The Balaban J connectivity index is 1.65. The largest absolute Gasteiger partial charge is 0.361 e. The maximum Gasteiger partial charge on any atom is 0.330 e. The first-order valence-corrected chi connectivity index (χ1v) is 9.53. The summed E-state index contributed by atoms with van der Waals surface area (Å²) in [6, 6.07) is 9.57. The fraction of sp³-hybridized carbons (Fsp3) is 0.474. The van der Waals surface area contributed by atoms with Crippen LogP contribution in [-0.4, -0.2) is 28.2 Å². The van der Waals surface area contributed by atoms with E-state index in [4.69, 9.17) is 4.74 Å². The summed E-state index contributed by atoms with van der Waals surface area (Å²) < 4.78 is 8.01. The number of rotatable bonds is 10. The van der Waals surface area contributed by atoms with Gasteiger partial charge in [-0.25, -0.2) is 4.79 Å². The van der Waals surface area contributed by atoms with Gasteiger partial charge in [-0.2, -0.15) is 0 Å². The molecule has 0 aliphatic rings. The zero-order valence-corrected chi connectivity index (χ0v) is 16.8. The lowest BCUT2D eigenvalue weighted by atomic mass is 9.98. The molecule has 26 heavy (non-hydrogen) atoms. The first kappa shape index (κ1) is 20.6. The fourth-order valence-corrected chi connectivity index (χ4v) is 3.13. The van der Waals surface area contributed by atoms with Crippen LogP contribution in [0.25, 0.3) is 0 Å². The van der Waals surface area contributed by atoms with Gasteiger partial charge in [0.05, 0.1) is 0 Å². The summed E-state index contributed by atoms with van der Waals surface area (Å²) in [6.45, 7) is 5.97. The lowest BCUT2D eigenvalue weighted by Gasteiger charge is -2.26. The average Bonchev–Trinajstić information content (AvgIpc) is 2.58. The predicted molar refractivity (Wildman–Crippen MR) is 106 cm³/mol. The Morgan fingerprint density at radius 1 is 1.23 bits per heavy atom. The highest BCUT2D eigenvalue weighted by Gasteiger charge is 2.16. The monoisotopic (exact) mass is 423 g/mol. The summed E-state index contributed by atoms with van der Waals surface area (Å²) in [4.78, 5) is 24.7. The number of aromatic amines is 1. The topological polar surface area (TPSA) is 76.1 Å². The summed E-state index contributed by atoms with van der Waals surface area (Å²) in [5, 5.41) is 3.59. The van der Waals surface area contributed by atoms with Crippen LogP contribution >= 0.6 is 15.9 Å². The van der Waals surface area contributed by atoms with Gasteiger partial charge in [0.1, 0.15) is 6.73 Å². The number of hydrogen-bond donors (Lipinski definition) is 2. The molecule has 2 rings (SSSR count). The van der Waals surface area contributed by atoms with E-state index >= 15 is 0 Å². The Morgan fingerprint density at radius 3 is 2.73 bits per heavy atom. The molecule has 0 fully saturated rings. The van der Waals surface area contributed by atoms with Gasteiger partial charge in [0.15, 0.2) is 0 Å². The minimum atomic E-state index is -0.452. The third-order valence-corrected chi connectivity index (χ3v) is 4.95. The highest BCUT2D eigenvalue weighted by molar-refractivity contribution is 9.10. The molecule has 0 atom stereocenters. The lowest BCUT2D eigenvalue weighted by molar-refractivity contribution is 0.0673. The van der Waals surface area contributed by atoms with Crippen molar-refractivity contribution in [1.29, 1.82) is 0 Å². The van der Waals surface area contributed by atoms with Crippen LogP contribution in [0.4, 0.5) is 0 Å². The molecule has 1 aromatic carbocycles. The van der Waals surface area contributed by atoms with Crippen LogP contribution in [0.1, 0.15) is 32.3 Å². The van der Waals surface area contributed by atoms with Gasteiger partial charge < -0.3 is 10.1 Å². The number of hydrogen-bond acceptors (Lipinski definition) is 4. The molecule has 142 valence electrons. The normalized spacial score (nSPS) is 11.7. The highest BCUT2D eigenvalue weighted by Crippen LogP contribution is 2.17. The summed E-state index contributed by atoms with van der Waals surface area (Å²) >= 11 is 3.58. The van der Waals surface area contributed by atoms with Crippen molar-refractivity contribution in [3.63, 3.8) is 0 Å². The molecule has 0 radical (unpaired) electrons. The SMILES string of the molecule is CC(C)(CCCOCn1ccc(=O)[nH]c1=O)NCCc1ccccc1Br. The van der Waals surface area contributed by atoms with E-state index in [0.717, 1.165) is 30.3 Å². The van der Waals surface area contributed by atoms with Crippen LogP contribution in [0, 0.1) is 0 Å². The molecule has 6 nitrogen and oxygen atoms in total. The van der Waals surface area contributed by atoms with Crippen LogP contribution in [0.2, 0.25) is 0 Å². The standard InChI is InChI=1S/C19H26BrN3O3/c1-19(2,21-11-8-15-6-3-4-7-16(15)20)10-5-13-26-14-23-12-9-17(24)22-18(23)25/h3-4,6-7,9,12,21H,5,8,10-11,13-14H2,1-2H3,(H,22,24,25). The number of halogens is 1. The van der Waals surface area contributed by atoms with E-state index in [1.54, 1.807) is 0 Å². The third-order valence-electron chi connectivity index (χ3n) is 4.17. The van der Waals surface area contributed by atoms with Crippen LogP contribution in [0.3, 0.4) is 0 Å². The second kappa shape index (κ2) is 9.85. The van der Waals surface area contributed by atoms with E-state index in [1.807, 2.05) is 6.07 Å². The number of nitrogens with one attached hydrogen (secondary N) is 2. The first-order valence-electron chi connectivity index (χ1n) is 8.73. The predicted octanol–water partition coefficient (Wildman–Crippen LogP) is 2.66. The van der Waals surface area contributed by atoms with Crippen molar-refractivity contribution in [3.8, 4) is 0 Å². The number of nitrogens with zero attached hydrogens (tertiary/aromatic N) is 1. The third kappa shape index (κ3) is 6.90. The van der Waals surface area contributed by atoms with E-state index in [9.17, 15) is 9.59 Å². The van der Waals surface area contributed by atoms with Crippen LogP contribution in [0.15, 0.2) is 50.6 Å². The zero-order chi connectivity index (χ0) is 19.0. The van der Waals surface area contributed by atoms with E-state index < -0.39 is 11.2 Å². The summed E-state index contributed by atoms with van der Waals surface area (Å²) in [5.41, 5.74) is 0.457. The van der Waals surface area contributed by atoms with Gasteiger partial charge in [0, 0.05) is 28.9 Å². The van der Waals surface area contributed by atoms with Gasteiger partial charge in [0.25, 0.3) is 5.56 Å². The molecule has 0 unspecified atom stereocenters. The van der Waals surface area contributed by atoms with Crippen molar-refractivity contribution < 1.29 is 4.74 Å². The number of ether oxygens (including phenoxy) is 1. The maximum absolute atomic E-state index is 11.5. The van der Waals surface area contributed by atoms with Gasteiger partial charge in [-0.3, -0.25) is 14.3 Å². The van der Waals surface area contributed by atoms with Crippen LogP contribution in [0.5, 0.6) is 0 Å². The molecule has 0 saturated carbocycles. The van der Waals surface area contributed by atoms with Crippen molar-refractivity contribution in [2.45, 2.75) is 45.4 Å². The van der Waals surface area contributed by atoms with Gasteiger partial charge in [-0.1, -0.05) is 34.1 Å². The second-order valence-corrected chi connectivity index (χ2v) is 7.73. The summed E-state index contributed by atoms with van der Waals surface area (Å²) in [7, 11) is 0. The Kier molecular flexibility index (Phi) is 7.81. The number of aromatic nitrogens is 2. The number of benzene rings is 1. The molecule has 7 heteroatoms. The van der Waals surface area contributed by atoms with E-state index in [0.29, 0.717) is 6.61 Å².